The maximum atomic E-state index is 12.1. The van der Waals surface area contributed by atoms with E-state index in [4.69, 9.17) is 4.74 Å². The molecule has 9 nitrogen and oxygen atoms in total. The van der Waals surface area contributed by atoms with Crippen molar-refractivity contribution in [3.8, 4) is 0 Å². The fourth-order valence-corrected chi connectivity index (χ4v) is 2.92. The predicted octanol–water partition coefficient (Wildman–Crippen LogP) is 1.63. The minimum atomic E-state index is -1.21. The summed E-state index contributed by atoms with van der Waals surface area (Å²) >= 11 is 3.23. The van der Waals surface area contributed by atoms with Gasteiger partial charge in [-0.1, -0.05) is 36.4 Å². The number of benzene rings is 1. The molecule has 4 N–H and O–H groups in total. The number of aliphatic hydroxyl groups excluding tert-OH is 1. The number of aliphatic hydroxyl groups is 1. The zero-order chi connectivity index (χ0) is 21.9. The van der Waals surface area contributed by atoms with Gasteiger partial charge in [0, 0.05) is 19.2 Å². The number of aromatic nitrogens is 1. The second-order valence-electron chi connectivity index (χ2n) is 6.42. The monoisotopic (exact) mass is 479 g/mol. The van der Waals surface area contributed by atoms with E-state index < -0.39 is 30.1 Å². The van der Waals surface area contributed by atoms with Gasteiger partial charge in [-0.2, -0.15) is 0 Å². The molecule has 0 bridgehead atoms. The van der Waals surface area contributed by atoms with Crippen LogP contribution in [0.1, 0.15) is 17.5 Å². The lowest BCUT2D eigenvalue weighted by Gasteiger charge is -2.17. The highest BCUT2D eigenvalue weighted by atomic mass is 79.9. The molecule has 1 heterocycles. The van der Waals surface area contributed by atoms with Crippen molar-refractivity contribution in [1.29, 1.82) is 0 Å². The number of rotatable bonds is 10. The van der Waals surface area contributed by atoms with E-state index in [1.54, 1.807) is 30.5 Å². The summed E-state index contributed by atoms with van der Waals surface area (Å²) in [4.78, 5) is 39.2. The van der Waals surface area contributed by atoms with Crippen molar-refractivity contribution in [2.75, 3.05) is 6.54 Å². The van der Waals surface area contributed by atoms with Crippen molar-refractivity contribution in [2.45, 2.75) is 31.6 Å². The number of halogens is 1. The average molecular weight is 480 g/mol. The zero-order valence-electron chi connectivity index (χ0n) is 16.0. The van der Waals surface area contributed by atoms with E-state index >= 15 is 0 Å². The van der Waals surface area contributed by atoms with Crippen LogP contribution in [0.5, 0.6) is 0 Å². The highest BCUT2D eigenvalue weighted by Gasteiger charge is 2.23. The summed E-state index contributed by atoms with van der Waals surface area (Å²) in [6, 6.07) is 11.2. The smallest absolute Gasteiger partial charge is 0.407 e. The third-order valence-electron chi connectivity index (χ3n) is 4.01. The van der Waals surface area contributed by atoms with E-state index in [-0.39, 0.29) is 26.0 Å². The molecule has 2 amide bonds. The Morgan fingerprint density at radius 1 is 1.13 bits per heavy atom. The number of hydrogen-bond acceptors (Lipinski definition) is 6. The molecule has 2 atom stereocenters. The first-order valence-electron chi connectivity index (χ1n) is 9.09. The van der Waals surface area contributed by atoms with E-state index in [1.807, 2.05) is 18.2 Å². The molecule has 10 heteroatoms. The molecule has 30 heavy (non-hydrogen) atoms. The van der Waals surface area contributed by atoms with E-state index in [0.29, 0.717) is 10.2 Å². The predicted molar refractivity (Wildman–Crippen MR) is 110 cm³/mol. The van der Waals surface area contributed by atoms with Crippen molar-refractivity contribution in [1.82, 2.24) is 15.6 Å². The number of pyridine rings is 1. The fourth-order valence-electron chi connectivity index (χ4n) is 2.51. The van der Waals surface area contributed by atoms with Crippen LogP contribution in [0.15, 0.2) is 53.3 Å². The Balaban J connectivity index is 1.74. The lowest BCUT2D eigenvalue weighted by atomic mass is 10.1. The largest absolute Gasteiger partial charge is 0.480 e. The van der Waals surface area contributed by atoms with Gasteiger partial charge in [0.25, 0.3) is 0 Å². The van der Waals surface area contributed by atoms with Crippen LogP contribution in [0.4, 0.5) is 4.79 Å². The van der Waals surface area contributed by atoms with Gasteiger partial charge >= 0.3 is 12.1 Å². The molecule has 0 spiro atoms. The summed E-state index contributed by atoms with van der Waals surface area (Å²) < 4.78 is 5.50. The van der Waals surface area contributed by atoms with Gasteiger partial charge in [0.2, 0.25) is 5.91 Å². The van der Waals surface area contributed by atoms with Crippen LogP contribution in [0.3, 0.4) is 0 Å². The number of hydrogen-bond donors (Lipinski definition) is 4. The van der Waals surface area contributed by atoms with Crippen LogP contribution in [-0.2, 0) is 27.4 Å². The minimum absolute atomic E-state index is 0.0235. The number of carbonyl (C=O) groups excluding carboxylic acids is 2. The molecule has 1 aromatic heterocycles. The summed E-state index contributed by atoms with van der Waals surface area (Å²) in [6.45, 7) is -0.139. The standard InChI is InChI=1S/C20H22BrN3O6/c21-18-14(7-4-8-22-18)9-16(19(27)28)24-17(26)10-15(25)11-23-20(29)30-12-13-5-2-1-3-6-13/h1-8,15-16,25H,9-12H2,(H,23,29)(H,24,26)(H,27,28)/t15-,16-/m0/s1. The third kappa shape index (κ3) is 8.18. The van der Waals surface area contributed by atoms with Crippen molar-refractivity contribution < 1.29 is 29.3 Å². The molecule has 0 aliphatic heterocycles. The van der Waals surface area contributed by atoms with Crippen LogP contribution in [0, 0.1) is 0 Å². The van der Waals surface area contributed by atoms with Crippen molar-refractivity contribution in [3.05, 3.63) is 64.4 Å². The minimum Gasteiger partial charge on any atom is -0.480 e. The van der Waals surface area contributed by atoms with Gasteiger partial charge in [-0.25, -0.2) is 14.6 Å². The Morgan fingerprint density at radius 2 is 1.87 bits per heavy atom. The normalized spacial score (nSPS) is 12.5. The first-order valence-corrected chi connectivity index (χ1v) is 9.88. The zero-order valence-corrected chi connectivity index (χ0v) is 17.5. The highest BCUT2D eigenvalue weighted by molar-refractivity contribution is 9.10. The molecular formula is C20H22BrN3O6. The van der Waals surface area contributed by atoms with Gasteiger partial charge in [0.15, 0.2) is 0 Å². The highest BCUT2D eigenvalue weighted by Crippen LogP contribution is 2.14. The van der Waals surface area contributed by atoms with E-state index in [9.17, 15) is 24.6 Å². The molecule has 0 saturated heterocycles. The van der Waals surface area contributed by atoms with Gasteiger partial charge in [0.05, 0.1) is 12.5 Å². The molecule has 0 fully saturated rings. The molecule has 2 rings (SSSR count). The Hall–Kier alpha value is -2.98. The Kier molecular flexibility index (Phi) is 9.23. The SMILES string of the molecule is O=C(C[C@H](O)CNC(=O)OCc1ccccc1)N[C@@H](Cc1cccnc1Br)C(=O)O. The molecule has 0 saturated carbocycles. The van der Waals surface area contributed by atoms with Gasteiger partial charge in [-0.3, -0.25) is 4.79 Å². The Bertz CT molecular complexity index is 865. The molecule has 0 aliphatic carbocycles. The maximum absolute atomic E-state index is 12.1. The number of amides is 2. The average Bonchev–Trinajstić information content (AvgIpc) is 2.72. The van der Waals surface area contributed by atoms with Gasteiger partial charge in [0.1, 0.15) is 17.3 Å². The lowest BCUT2D eigenvalue weighted by molar-refractivity contribution is -0.142. The molecule has 2 aromatic rings. The topological polar surface area (TPSA) is 138 Å². The quantitative estimate of drug-likeness (QED) is 0.380. The number of alkyl carbamates (subject to hydrolysis) is 1. The van der Waals surface area contributed by atoms with Crippen LogP contribution < -0.4 is 10.6 Å². The fraction of sp³-hybridized carbons (Fsp3) is 0.300. The summed E-state index contributed by atoms with van der Waals surface area (Å²) in [5.41, 5.74) is 1.43. The summed E-state index contributed by atoms with van der Waals surface area (Å²) in [5, 5.41) is 24.0. The molecule has 160 valence electrons. The van der Waals surface area contributed by atoms with E-state index in [0.717, 1.165) is 5.56 Å². The number of carboxylic acids is 1. The number of ether oxygens (including phenoxy) is 1. The Morgan fingerprint density at radius 3 is 2.53 bits per heavy atom. The number of nitrogens with one attached hydrogen (secondary N) is 2. The van der Waals surface area contributed by atoms with Crippen LogP contribution in [0.25, 0.3) is 0 Å². The number of carboxylic acid groups (broad SMARTS) is 1. The third-order valence-corrected chi connectivity index (χ3v) is 4.72. The lowest BCUT2D eigenvalue weighted by Crippen LogP contribution is -2.44. The summed E-state index contributed by atoms with van der Waals surface area (Å²) in [6.07, 6.45) is -0.736. The first kappa shape index (κ1) is 23.3. The van der Waals surface area contributed by atoms with E-state index in [2.05, 4.69) is 31.5 Å². The van der Waals surface area contributed by atoms with Crippen molar-refractivity contribution in [2.24, 2.45) is 0 Å². The first-order chi connectivity index (χ1) is 14.3. The second-order valence-corrected chi connectivity index (χ2v) is 7.17. The number of aliphatic carboxylic acids is 1. The molecule has 1 aromatic carbocycles. The number of nitrogens with zero attached hydrogens (tertiary/aromatic N) is 1. The maximum Gasteiger partial charge on any atom is 0.407 e. The number of carbonyl (C=O) groups is 3. The Labute approximate surface area is 181 Å². The van der Waals surface area contributed by atoms with Crippen molar-refractivity contribution >= 4 is 33.9 Å². The molecule has 0 radical (unpaired) electrons. The summed E-state index contributed by atoms with van der Waals surface area (Å²) in [5.74, 6) is -1.87. The molecule has 0 unspecified atom stereocenters. The molecular weight excluding hydrogens is 458 g/mol. The molecule has 0 aliphatic rings. The van der Waals surface area contributed by atoms with E-state index in [1.165, 1.54) is 0 Å². The van der Waals surface area contributed by atoms with Crippen LogP contribution in [-0.4, -0.2) is 51.9 Å². The van der Waals surface area contributed by atoms with Gasteiger partial charge < -0.3 is 25.6 Å². The van der Waals surface area contributed by atoms with Crippen molar-refractivity contribution in [3.63, 3.8) is 0 Å². The van der Waals surface area contributed by atoms with Crippen LogP contribution in [0.2, 0.25) is 0 Å². The summed E-state index contributed by atoms with van der Waals surface area (Å²) in [7, 11) is 0. The van der Waals surface area contributed by atoms with Gasteiger partial charge in [-0.15, -0.1) is 0 Å². The van der Waals surface area contributed by atoms with Crippen LogP contribution >= 0.6 is 15.9 Å². The second kappa shape index (κ2) is 11.9. The van der Waals surface area contributed by atoms with Gasteiger partial charge in [-0.05, 0) is 33.1 Å².